The second-order valence-corrected chi connectivity index (χ2v) is 7.66. The van der Waals surface area contributed by atoms with E-state index in [1.165, 1.54) is 17.2 Å². The molecule has 2 amide bonds. The van der Waals surface area contributed by atoms with Crippen molar-refractivity contribution in [2.24, 2.45) is 18.9 Å². The lowest BCUT2D eigenvalue weighted by Gasteiger charge is -2.35. The molecule has 4 heterocycles. The maximum Gasteiger partial charge on any atom is 0.345 e. The summed E-state index contributed by atoms with van der Waals surface area (Å²) in [6, 6.07) is 1.64. The van der Waals surface area contributed by atoms with Crippen LogP contribution in [0.15, 0.2) is 27.8 Å². The first-order chi connectivity index (χ1) is 13.5. The molecular weight excluding hydrogens is 362 g/mol. The van der Waals surface area contributed by atoms with Gasteiger partial charge in [0.05, 0.1) is 17.7 Å². The average Bonchev–Trinajstić information content (AvgIpc) is 3.35. The first-order valence-corrected chi connectivity index (χ1v) is 9.75. The quantitative estimate of drug-likeness (QED) is 0.818. The Morgan fingerprint density at radius 1 is 1.29 bits per heavy atom. The number of amides is 2. The molecule has 2 aliphatic heterocycles. The van der Waals surface area contributed by atoms with Crippen LogP contribution in [-0.4, -0.2) is 50.7 Å². The third kappa shape index (κ3) is 3.61. The summed E-state index contributed by atoms with van der Waals surface area (Å²) < 4.78 is 7.89. The zero-order valence-electron chi connectivity index (χ0n) is 16.0. The van der Waals surface area contributed by atoms with Gasteiger partial charge in [0.15, 0.2) is 0 Å². The van der Waals surface area contributed by atoms with Gasteiger partial charge in [0, 0.05) is 39.6 Å². The van der Waals surface area contributed by atoms with Gasteiger partial charge < -0.3 is 14.6 Å². The molecule has 0 spiro atoms. The first-order valence-electron chi connectivity index (χ1n) is 9.75. The normalized spacial score (nSPS) is 20.0. The topological polar surface area (TPSA) is 102 Å². The van der Waals surface area contributed by atoms with Gasteiger partial charge in [-0.25, -0.2) is 9.48 Å². The second-order valence-electron chi connectivity index (χ2n) is 7.66. The highest BCUT2D eigenvalue weighted by atomic mass is 16.3. The van der Waals surface area contributed by atoms with Gasteiger partial charge in [-0.05, 0) is 31.2 Å². The molecule has 0 aliphatic carbocycles. The molecule has 4 rings (SSSR count). The number of nitrogens with zero attached hydrogens (tertiary/aromatic N) is 4. The Hall–Kier alpha value is -2.84. The van der Waals surface area contributed by atoms with Gasteiger partial charge in [-0.2, -0.15) is 5.10 Å². The van der Waals surface area contributed by atoms with Gasteiger partial charge in [-0.1, -0.05) is 0 Å². The Bertz CT molecular complexity index is 905. The van der Waals surface area contributed by atoms with Crippen LogP contribution < -0.4 is 11.0 Å². The molecule has 9 heteroatoms. The van der Waals surface area contributed by atoms with E-state index in [2.05, 4.69) is 10.4 Å². The van der Waals surface area contributed by atoms with E-state index in [9.17, 15) is 14.4 Å². The third-order valence-electron chi connectivity index (χ3n) is 5.81. The van der Waals surface area contributed by atoms with Crippen molar-refractivity contribution in [3.63, 3.8) is 0 Å². The highest BCUT2D eigenvalue weighted by molar-refractivity contribution is 5.93. The maximum absolute atomic E-state index is 12.9. The van der Waals surface area contributed by atoms with Crippen molar-refractivity contribution in [2.75, 3.05) is 19.6 Å². The van der Waals surface area contributed by atoms with E-state index in [0.717, 1.165) is 25.1 Å². The van der Waals surface area contributed by atoms with Gasteiger partial charge in [-0.15, -0.1) is 0 Å². The summed E-state index contributed by atoms with van der Waals surface area (Å²) in [6.07, 6.45) is 6.02. The lowest BCUT2D eigenvalue weighted by atomic mass is 9.93. The number of hydrogen-bond donors (Lipinski definition) is 1. The lowest BCUT2D eigenvalue weighted by Crippen LogP contribution is -2.46. The van der Waals surface area contributed by atoms with Crippen molar-refractivity contribution in [2.45, 2.75) is 32.2 Å². The summed E-state index contributed by atoms with van der Waals surface area (Å²) in [5, 5.41) is 7.15. The Kier molecular flexibility index (Phi) is 5.06. The van der Waals surface area contributed by atoms with Gasteiger partial charge >= 0.3 is 5.69 Å². The minimum atomic E-state index is -0.160. The summed E-state index contributed by atoms with van der Waals surface area (Å²) in [7, 11) is 1.64. The van der Waals surface area contributed by atoms with Gasteiger partial charge in [0.2, 0.25) is 5.91 Å². The Morgan fingerprint density at radius 2 is 2.07 bits per heavy atom. The minimum Gasteiger partial charge on any atom is -0.472 e. The fourth-order valence-electron chi connectivity index (χ4n) is 4.09. The highest BCUT2D eigenvalue weighted by Crippen LogP contribution is 2.23. The van der Waals surface area contributed by atoms with E-state index in [1.54, 1.807) is 17.7 Å². The number of piperidine rings is 1. The largest absolute Gasteiger partial charge is 0.472 e. The van der Waals surface area contributed by atoms with Crippen molar-refractivity contribution in [1.82, 2.24) is 24.6 Å². The van der Waals surface area contributed by atoms with Crippen LogP contribution in [0.4, 0.5) is 0 Å². The Morgan fingerprint density at radius 3 is 2.79 bits per heavy atom. The molecular formula is C19H25N5O4. The van der Waals surface area contributed by atoms with E-state index in [4.69, 9.17) is 4.42 Å². The smallest absolute Gasteiger partial charge is 0.345 e. The van der Waals surface area contributed by atoms with Gasteiger partial charge in [-0.3, -0.25) is 14.2 Å². The molecule has 1 N–H and O–H groups in total. The van der Waals surface area contributed by atoms with E-state index in [0.29, 0.717) is 44.1 Å². The molecule has 0 saturated carbocycles. The monoisotopic (exact) mass is 387 g/mol. The number of furan rings is 1. The lowest BCUT2D eigenvalue weighted by molar-refractivity contribution is -0.138. The molecule has 2 aromatic rings. The molecule has 150 valence electrons. The van der Waals surface area contributed by atoms with Crippen LogP contribution in [0.3, 0.4) is 0 Å². The van der Waals surface area contributed by atoms with Crippen molar-refractivity contribution in [1.29, 1.82) is 0 Å². The molecule has 1 unspecified atom stereocenters. The molecule has 28 heavy (non-hydrogen) atoms. The fraction of sp³-hybridized carbons (Fsp3) is 0.579. The number of likely N-dealkylation sites (tertiary alicyclic amines) is 1. The van der Waals surface area contributed by atoms with Crippen LogP contribution in [0.5, 0.6) is 0 Å². The predicted molar refractivity (Wildman–Crippen MR) is 99.6 cm³/mol. The number of nitrogens with one attached hydrogen (secondary N) is 1. The van der Waals surface area contributed by atoms with Crippen molar-refractivity contribution < 1.29 is 14.0 Å². The number of carbonyl (C=O) groups is 2. The van der Waals surface area contributed by atoms with E-state index < -0.39 is 0 Å². The molecule has 0 bridgehead atoms. The standard InChI is InChI=1S/C19H25N5O4/c1-22-19(27)24-11-14(2-3-16(24)21-22)18(26)23-7-4-13(5-8-23)10-20-17(25)15-6-9-28-12-15/h6,9,12-14H,2-5,7-8,10-11H2,1H3,(H,20,25). The zero-order chi connectivity index (χ0) is 19.7. The van der Waals surface area contributed by atoms with E-state index >= 15 is 0 Å². The number of aromatic nitrogens is 3. The third-order valence-corrected chi connectivity index (χ3v) is 5.81. The SMILES string of the molecule is Cn1nc2n(c1=O)CC(C(=O)N1CCC(CNC(=O)c3ccoc3)CC1)CC2. The maximum atomic E-state index is 12.9. The van der Waals surface area contributed by atoms with Crippen LogP contribution in [0.25, 0.3) is 0 Å². The summed E-state index contributed by atoms with van der Waals surface area (Å²) in [5.41, 5.74) is 0.370. The van der Waals surface area contributed by atoms with Crippen molar-refractivity contribution in [3.8, 4) is 0 Å². The molecule has 1 saturated heterocycles. The number of aryl methyl sites for hydroxylation is 2. The van der Waals surface area contributed by atoms with Crippen LogP contribution in [-0.2, 0) is 24.8 Å². The molecule has 1 fully saturated rings. The molecule has 9 nitrogen and oxygen atoms in total. The number of hydrogen-bond acceptors (Lipinski definition) is 5. The second kappa shape index (κ2) is 7.65. The van der Waals surface area contributed by atoms with Crippen LogP contribution in [0.2, 0.25) is 0 Å². The fourth-order valence-corrected chi connectivity index (χ4v) is 4.09. The summed E-state index contributed by atoms with van der Waals surface area (Å²) in [5.74, 6) is 0.962. The average molecular weight is 387 g/mol. The van der Waals surface area contributed by atoms with E-state index in [1.807, 2.05) is 4.90 Å². The van der Waals surface area contributed by atoms with Crippen molar-refractivity contribution in [3.05, 3.63) is 40.5 Å². The first kappa shape index (κ1) is 18.5. The molecule has 2 aromatic heterocycles. The summed E-state index contributed by atoms with van der Waals surface area (Å²) in [6.45, 7) is 2.40. The molecule has 0 radical (unpaired) electrons. The number of rotatable bonds is 4. The van der Waals surface area contributed by atoms with Gasteiger partial charge in [0.25, 0.3) is 5.91 Å². The Labute approximate surface area is 162 Å². The zero-order valence-corrected chi connectivity index (χ0v) is 16.0. The summed E-state index contributed by atoms with van der Waals surface area (Å²) >= 11 is 0. The van der Waals surface area contributed by atoms with Crippen LogP contribution in [0, 0.1) is 11.8 Å². The minimum absolute atomic E-state index is 0.127. The molecule has 0 aromatic carbocycles. The van der Waals surface area contributed by atoms with Crippen LogP contribution in [0.1, 0.15) is 35.4 Å². The van der Waals surface area contributed by atoms with Gasteiger partial charge in [0.1, 0.15) is 12.1 Å². The van der Waals surface area contributed by atoms with Crippen molar-refractivity contribution >= 4 is 11.8 Å². The molecule has 2 aliphatic rings. The Balaban J connectivity index is 1.27. The summed E-state index contributed by atoms with van der Waals surface area (Å²) in [4.78, 5) is 38.9. The molecule has 1 atom stereocenters. The number of carbonyl (C=O) groups excluding carboxylic acids is 2. The van der Waals surface area contributed by atoms with Crippen LogP contribution >= 0.6 is 0 Å². The van der Waals surface area contributed by atoms with E-state index in [-0.39, 0.29) is 23.4 Å². The number of fused-ring (bicyclic) bond motifs is 1. The highest BCUT2D eigenvalue weighted by Gasteiger charge is 2.32. The predicted octanol–water partition coefficient (Wildman–Crippen LogP) is 0.406.